The number of carbonyl (C=O) groups is 2. The molecule has 0 unspecified atom stereocenters. The van der Waals surface area contributed by atoms with Crippen LogP contribution in [0.4, 0.5) is 0 Å². The molecule has 0 aliphatic carbocycles. The Bertz CT molecular complexity index is 1200. The first-order valence-electron chi connectivity index (χ1n) is 9.22. The van der Waals surface area contributed by atoms with E-state index < -0.39 is 5.97 Å². The van der Waals surface area contributed by atoms with E-state index in [9.17, 15) is 9.59 Å². The highest BCUT2D eigenvalue weighted by Crippen LogP contribution is 2.22. The second-order valence-corrected chi connectivity index (χ2v) is 6.85. The molecule has 144 valence electrons. The minimum atomic E-state index is -0.415. The summed E-state index contributed by atoms with van der Waals surface area (Å²) in [4.78, 5) is 24.6. The average Bonchev–Trinajstić information content (AvgIpc) is 3.14. The van der Waals surface area contributed by atoms with E-state index in [1.807, 2.05) is 48.5 Å². The Balaban J connectivity index is 1.67. The zero-order valence-corrected chi connectivity index (χ0v) is 16.0. The highest BCUT2D eigenvalue weighted by Gasteiger charge is 2.12. The number of nitrogens with zero attached hydrogens (tertiary/aromatic N) is 3. The largest absolute Gasteiger partial charge is 0.462 e. The van der Waals surface area contributed by atoms with E-state index in [-0.39, 0.29) is 6.61 Å². The molecule has 0 saturated carbocycles. The van der Waals surface area contributed by atoms with E-state index in [1.54, 1.807) is 13.0 Å². The maximum absolute atomic E-state index is 11.5. The van der Waals surface area contributed by atoms with Crippen LogP contribution in [0.3, 0.4) is 0 Å². The standard InChI is InChI=1S/C23H19N3O3/c1-15(2)23(28)29-10-9-16-7-8-19(14-27)22(11-16)26-24-20-12-17-5-3-4-6-18(17)13-21(20)25-26/h3-8,11-14H,1,9-10H2,2H3. The van der Waals surface area contributed by atoms with Gasteiger partial charge in [-0.05, 0) is 47.5 Å². The van der Waals surface area contributed by atoms with E-state index in [0.29, 0.717) is 23.2 Å². The van der Waals surface area contributed by atoms with Gasteiger partial charge in [-0.1, -0.05) is 36.9 Å². The van der Waals surface area contributed by atoms with E-state index in [1.165, 1.54) is 4.80 Å². The lowest BCUT2D eigenvalue weighted by Gasteiger charge is -2.08. The van der Waals surface area contributed by atoms with Crippen molar-refractivity contribution in [2.75, 3.05) is 6.61 Å². The third-order valence-electron chi connectivity index (χ3n) is 4.66. The van der Waals surface area contributed by atoms with Gasteiger partial charge in [-0.2, -0.15) is 0 Å². The van der Waals surface area contributed by atoms with Crippen molar-refractivity contribution in [2.24, 2.45) is 0 Å². The fraction of sp³-hybridized carbons (Fsp3) is 0.130. The topological polar surface area (TPSA) is 74.1 Å². The third kappa shape index (κ3) is 3.78. The lowest BCUT2D eigenvalue weighted by molar-refractivity contribution is -0.138. The number of hydrogen-bond donors (Lipinski definition) is 0. The number of hydrogen-bond acceptors (Lipinski definition) is 5. The maximum Gasteiger partial charge on any atom is 0.333 e. The predicted molar refractivity (Wildman–Crippen MR) is 111 cm³/mol. The average molecular weight is 385 g/mol. The van der Waals surface area contributed by atoms with Gasteiger partial charge in [0.2, 0.25) is 0 Å². The molecule has 29 heavy (non-hydrogen) atoms. The van der Waals surface area contributed by atoms with Crippen molar-refractivity contribution in [3.8, 4) is 5.69 Å². The monoisotopic (exact) mass is 385 g/mol. The molecule has 6 heteroatoms. The molecule has 0 aliphatic heterocycles. The van der Waals surface area contributed by atoms with Crippen molar-refractivity contribution in [3.05, 3.63) is 77.9 Å². The van der Waals surface area contributed by atoms with Crippen LogP contribution in [-0.4, -0.2) is 33.9 Å². The van der Waals surface area contributed by atoms with Gasteiger partial charge in [0.25, 0.3) is 0 Å². The Labute approximate surface area is 167 Å². The first-order valence-corrected chi connectivity index (χ1v) is 9.22. The number of rotatable bonds is 6. The van der Waals surface area contributed by atoms with E-state index >= 15 is 0 Å². The third-order valence-corrected chi connectivity index (χ3v) is 4.66. The summed E-state index contributed by atoms with van der Waals surface area (Å²) < 4.78 is 5.16. The second kappa shape index (κ2) is 7.67. The van der Waals surface area contributed by atoms with Gasteiger partial charge in [0.1, 0.15) is 11.0 Å². The Morgan fingerprint density at radius 1 is 1.07 bits per heavy atom. The molecule has 0 spiro atoms. The molecule has 0 fully saturated rings. The molecule has 0 bridgehead atoms. The highest BCUT2D eigenvalue weighted by atomic mass is 16.5. The zero-order valence-electron chi connectivity index (χ0n) is 16.0. The molecule has 0 amide bonds. The van der Waals surface area contributed by atoms with Crippen molar-refractivity contribution in [2.45, 2.75) is 13.3 Å². The van der Waals surface area contributed by atoms with Gasteiger partial charge < -0.3 is 4.74 Å². The summed E-state index contributed by atoms with van der Waals surface area (Å²) in [5.41, 5.74) is 3.85. The summed E-state index contributed by atoms with van der Waals surface area (Å²) in [6.45, 7) is 5.40. The van der Waals surface area contributed by atoms with Gasteiger partial charge in [-0.25, -0.2) is 4.79 Å². The zero-order chi connectivity index (χ0) is 20.4. The van der Waals surface area contributed by atoms with Crippen LogP contribution >= 0.6 is 0 Å². The molecule has 6 nitrogen and oxygen atoms in total. The van der Waals surface area contributed by atoms with Gasteiger partial charge in [-0.3, -0.25) is 4.79 Å². The van der Waals surface area contributed by atoms with Crippen molar-refractivity contribution in [1.29, 1.82) is 0 Å². The fourth-order valence-electron chi connectivity index (χ4n) is 3.11. The second-order valence-electron chi connectivity index (χ2n) is 6.85. The number of aldehydes is 1. The molecule has 0 atom stereocenters. The van der Waals surface area contributed by atoms with Gasteiger partial charge in [0.05, 0.1) is 12.3 Å². The van der Waals surface area contributed by atoms with E-state index in [4.69, 9.17) is 4.74 Å². The predicted octanol–water partition coefficient (Wildman–Crippen LogP) is 4.05. The first kappa shape index (κ1) is 18.6. The van der Waals surface area contributed by atoms with Crippen molar-refractivity contribution >= 4 is 34.1 Å². The Morgan fingerprint density at radius 3 is 2.31 bits per heavy atom. The van der Waals surface area contributed by atoms with Gasteiger partial charge in [0.15, 0.2) is 6.29 Å². The number of fused-ring (bicyclic) bond motifs is 2. The van der Waals surface area contributed by atoms with Crippen LogP contribution in [0, 0.1) is 0 Å². The Kier molecular flexibility index (Phi) is 4.91. The highest BCUT2D eigenvalue weighted by molar-refractivity contribution is 5.94. The molecule has 4 rings (SSSR count). The smallest absolute Gasteiger partial charge is 0.333 e. The summed E-state index contributed by atoms with van der Waals surface area (Å²) in [6, 6.07) is 17.4. The molecule has 4 aromatic rings. The summed E-state index contributed by atoms with van der Waals surface area (Å²) in [6.07, 6.45) is 1.29. The van der Waals surface area contributed by atoms with E-state index in [0.717, 1.165) is 33.7 Å². The molecule has 0 radical (unpaired) electrons. The number of carbonyl (C=O) groups excluding carboxylic acids is 2. The summed E-state index contributed by atoms with van der Waals surface area (Å²) in [5.74, 6) is -0.415. The minimum absolute atomic E-state index is 0.228. The van der Waals surface area contributed by atoms with Gasteiger partial charge >= 0.3 is 5.97 Å². The number of esters is 1. The van der Waals surface area contributed by atoms with Crippen LogP contribution in [0.1, 0.15) is 22.8 Å². The lowest BCUT2D eigenvalue weighted by Crippen LogP contribution is -2.09. The quantitative estimate of drug-likeness (QED) is 0.284. The van der Waals surface area contributed by atoms with Gasteiger partial charge in [0, 0.05) is 17.6 Å². The summed E-state index contributed by atoms with van der Waals surface area (Å²) >= 11 is 0. The van der Waals surface area contributed by atoms with Crippen LogP contribution in [0.15, 0.2) is 66.7 Å². The molecule has 1 heterocycles. The minimum Gasteiger partial charge on any atom is -0.462 e. The van der Waals surface area contributed by atoms with Crippen LogP contribution in [0.25, 0.3) is 27.5 Å². The molecule has 0 aliphatic rings. The Hall–Kier alpha value is -3.80. The number of ether oxygens (including phenoxy) is 1. The molecular weight excluding hydrogens is 366 g/mol. The van der Waals surface area contributed by atoms with Crippen molar-refractivity contribution in [3.63, 3.8) is 0 Å². The van der Waals surface area contributed by atoms with E-state index in [2.05, 4.69) is 16.8 Å². The van der Waals surface area contributed by atoms with Crippen molar-refractivity contribution in [1.82, 2.24) is 15.0 Å². The van der Waals surface area contributed by atoms with Crippen LogP contribution in [0.2, 0.25) is 0 Å². The molecule has 0 saturated heterocycles. The summed E-state index contributed by atoms with van der Waals surface area (Å²) in [7, 11) is 0. The normalized spacial score (nSPS) is 10.9. The maximum atomic E-state index is 11.5. The van der Waals surface area contributed by atoms with Gasteiger partial charge in [-0.15, -0.1) is 15.0 Å². The fourth-order valence-corrected chi connectivity index (χ4v) is 3.11. The van der Waals surface area contributed by atoms with Crippen LogP contribution in [-0.2, 0) is 16.0 Å². The molecule has 0 N–H and O–H groups in total. The first-order chi connectivity index (χ1) is 14.0. The van der Waals surface area contributed by atoms with Crippen molar-refractivity contribution < 1.29 is 14.3 Å². The molecule has 3 aromatic carbocycles. The summed E-state index contributed by atoms with van der Waals surface area (Å²) in [5, 5.41) is 11.3. The van der Waals surface area contributed by atoms with Crippen LogP contribution in [0.5, 0.6) is 0 Å². The number of benzene rings is 3. The SMILES string of the molecule is C=C(C)C(=O)OCCc1ccc(C=O)c(-n2nc3cc4ccccc4cc3n2)c1. The number of aromatic nitrogens is 3. The Morgan fingerprint density at radius 2 is 1.72 bits per heavy atom. The lowest BCUT2D eigenvalue weighted by atomic mass is 10.1. The molecule has 1 aromatic heterocycles. The molecular formula is C23H19N3O3. The van der Waals surface area contributed by atoms with Crippen LogP contribution < -0.4 is 0 Å².